The maximum atomic E-state index is 12.2. The number of aliphatic hydroxyl groups excluding tert-OH is 1. The molecule has 0 atom stereocenters. The van der Waals surface area contributed by atoms with Gasteiger partial charge in [-0.3, -0.25) is 9.78 Å². The van der Waals surface area contributed by atoms with E-state index >= 15 is 0 Å². The summed E-state index contributed by atoms with van der Waals surface area (Å²) in [5.74, 6) is 1.23. The number of allylic oxidation sites excluding steroid dienone is 2. The SMILES string of the molecule is CCC(C)(CC)C(=O)/C=C(\O)C(C)(CC)CC.Cc1sc2ccccc2c1-c1oc2ccnc(-c3[c-]c4ccccc4c(C(C)(C)C)c3)c2c1C.[Ir]. The molecular formula is C46H54IrNO3S-. The van der Waals surface area contributed by atoms with Gasteiger partial charge in [-0.1, -0.05) is 110 Å². The molecule has 1 radical (unpaired) electrons. The van der Waals surface area contributed by atoms with E-state index in [-0.39, 0.29) is 47.9 Å². The van der Waals surface area contributed by atoms with Gasteiger partial charge in [-0.25, -0.2) is 0 Å². The van der Waals surface area contributed by atoms with Crippen molar-refractivity contribution in [3.63, 3.8) is 0 Å². The number of benzene rings is 3. The van der Waals surface area contributed by atoms with Gasteiger partial charge in [-0.2, -0.15) is 0 Å². The minimum absolute atomic E-state index is 0. The Morgan fingerprint density at radius 2 is 1.46 bits per heavy atom. The average molecular weight is 893 g/mol. The van der Waals surface area contributed by atoms with Gasteiger partial charge < -0.3 is 9.52 Å². The summed E-state index contributed by atoms with van der Waals surface area (Å²) >= 11 is 1.82. The summed E-state index contributed by atoms with van der Waals surface area (Å²) in [5, 5.41) is 14.8. The third-order valence-corrected chi connectivity index (χ3v) is 12.4. The molecule has 1 N–H and O–H groups in total. The number of furan rings is 1. The van der Waals surface area contributed by atoms with Crippen molar-refractivity contribution in [2.24, 2.45) is 10.8 Å². The van der Waals surface area contributed by atoms with Crippen molar-refractivity contribution in [1.29, 1.82) is 0 Å². The van der Waals surface area contributed by atoms with Gasteiger partial charge in [0.25, 0.3) is 0 Å². The van der Waals surface area contributed by atoms with Gasteiger partial charge in [-0.15, -0.1) is 40.5 Å². The molecule has 6 rings (SSSR count). The first-order chi connectivity index (χ1) is 24.1. The summed E-state index contributed by atoms with van der Waals surface area (Å²) in [4.78, 5) is 18.3. The van der Waals surface area contributed by atoms with Crippen molar-refractivity contribution in [3.05, 3.63) is 101 Å². The second-order valence-corrected chi connectivity index (χ2v) is 16.7. The molecule has 6 heteroatoms. The quantitative estimate of drug-likeness (QED) is 0.0892. The summed E-state index contributed by atoms with van der Waals surface area (Å²) in [6.07, 6.45) is 6.60. The Morgan fingerprint density at radius 3 is 2.08 bits per heavy atom. The van der Waals surface area contributed by atoms with Gasteiger partial charge >= 0.3 is 0 Å². The zero-order valence-electron chi connectivity index (χ0n) is 32.7. The van der Waals surface area contributed by atoms with Crippen molar-refractivity contribution in [1.82, 2.24) is 4.98 Å². The number of thiophene rings is 1. The average Bonchev–Trinajstić information content (AvgIpc) is 3.64. The molecule has 0 saturated heterocycles. The number of hydrogen-bond donors (Lipinski definition) is 1. The summed E-state index contributed by atoms with van der Waals surface area (Å²) in [7, 11) is 0. The Balaban J connectivity index is 0.000000289. The Hall–Kier alpha value is -3.57. The maximum Gasteiger partial charge on any atom is 0.164 e. The van der Waals surface area contributed by atoms with Crippen molar-refractivity contribution in [3.8, 4) is 22.6 Å². The van der Waals surface area contributed by atoms with Crippen LogP contribution in [0.1, 0.15) is 104 Å². The monoisotopic (exact) mass is 893 g/mol. The van der Waals surface area contributed by atoms with Gasteiger partial charge in [0.1, 0.15) is 17.1 Å². The Kier molecular flexibility index (Phi) is 12.8. The van der Waals surface area contributed by atoms with E-state index < -0.39 is 0 Å². The molecule has 0 aliphatic rings. The first kappa shape index (κ1) is 41.2. The van der Waals surface area contributed by atoms with Crippen LogP contribution in [0.3, 0.4) is 0 Å². The predicted octanol–water partition coefficient (Wildman–Crippen LogP) is 13.9. The molecule has 0 fully saturated rings. The van der Waals surface area contributed by atoms with Crippen LogP contribution in [0.2, 0.25) is 0 Å². The number of fused-ring (bicyclic) bond motifs is 3. The molecule has 3 aromatic heterocycles. The zero-order chi connectivity index (χ0) is 37.3. The second kappa shape index (κ2) is 16.2. The Morgan fingerprint density at radius 1 is 0.865 bits per heavy atom. The van der Waals surface area contributed by atoms with Crippen LogP contribution in [0.25, 0.3) is 54.4 Å². The molecule has 3 heterocycles. The normalized spacial score (nSPS) is 12.6. The molecule has 4 nitrogen and oxygen atoms in total. The molecule has 0 unspecified atom stereocenters. The third kappa shape index (κ3) is 7.86. The molecule has 0 amide bonds. The molecule has 0 spiro atoms. The molecule has 0 aliphatic carbocycles. The Labute approximate surface area is 328 Å². The molecule has 0 aliphatic heterocycles. The van der Waals surface area contributed by atoms with E-state index in [1.165, 1.54) is 37.6 Å². The third-order valence-electron chi connectivity index (χ3n) is 11.3. The van der Waals surface area contributed by atoms with Crippen LogP contribution in [0.5, 0.6) is 0 Å². The van der Waals surface area contributed by atoms with Crippen molar-refractivity contribution in [2.45, 2.75) is 107 Å². The number of ketones is 1. The van der Waals surface area contributed by atoms with Crippen molar-refractivity contribution < 1.29 is 34.4 Å². The van der Waals surface area contributed by atoms with Crippen LogP contribution in [0.15, 0.2) is 83.1 Å². The van der Waals surface area contributed by atoms with Crippen LogP contribution in [0, 0.1) is 30.7 Å². The summed E-state index contributed by atoms with van der Waals surface area (Å²) in [5.41, 5.74) is 5.83. The van der Waals surface area contributed by atoms with Gasteiger partial charge in [0.2, 0.25) is 0 Å². The van der Waals surface area contributed by atoms with Crippen molar-refractivity contribution in [2.75, 3.05) is 0 Å². The molecule has 52 heavy (non-hydrogen) atoms. The number of aliphatic hydroxyl groups is 1. The number of nitrogens with zero attached hydrogens (tertiary/aromatic N) is 1. The van der Waals surface area contributed by atoms with E-state index in [2.05, 4.69) is 95.3 Å². The van der Waals surface area contributed by atoms with E-state index in [4.69, 9.17) is 9.40 Å². The van der Waals surface area contributed by atoms with E-state index in [9.17, 15) is 9.90 Å². The summed E-state index contributed by atoms with van der Waals surface area (Å²) in [6.45, 7) is 23.2. The van der Waals surface area contributed by atoms with Crippen LogP contribution in [-0.2, 0) is 30.3 Å². The zero-order valence-corrected chi connectivity index (χ0v) is 35.9. The number of aromatic nitrogens is 1. The van der Waals surface area contributed by atoms with Crippen LogP contribution >= 0.6 is 11.3 Å². The van der Waals surface area contributed by atoms with Crippen LogP contribution in [-0.4, -0.2) is 15.9 Å². The number of carbonyl (C=O) groups is 1. The predicted molar refractivity (Wildman–Crippen MR) is 218 cm³/mol. The van der Waals surface area contributed by atoms with Gasteiger partial charge in [0.15, 0.2) is 5.78 Å². The minimum Gasteiger partial charge on any atom is -0.512 e. The topological polar surface area (TPSA) is 63.3 Å². The molecule has 277 valence electrons. The van der Waals surface area contributed by atoms with Crippen LogP contribution in [0.4, 0.5) is 0 Å². The van der Waals surface area contributed by atoms with Gasteiger partial charge in [0.05, 0.1) is 0 Å². The molecule has 3 aromatic carbocycles. The number of carbonyl (C=O) groups excluding carboxylic acids is 1. The molecule has 0 bridgehead atoms. The summed E-state index contributed by atoms with van der Waals surface area (Å²) in [6, 6.07) is 25.0. The minimum atomic E-state index is -0.337. The number of aryl methyl sites for hydroxylation is 2. The number of hydrogen-bond acceptors (Lipinski definition) is 5. The van der Waals surface area contributed by atoms with E-state index in [0.717, 1.165) is 64.6 Å². The van der Waals surface area contributed by atoms with Gasteiger partial charge in [-0.05, 0) is 62.6 Å². The second-order valence-electron chi connectivity index (χ2n) is 15.4. The van der Waals surface area contributed by atoms with E-state index in [1.54, 1.807) is 0 Å². The largest absolute Gasteiger partial charge is 0.512 e. The maximum absolute atomic E-state index is 12.2. The van der Waals surface area contributed by atoms with E-state index in [0.29, 0.717) is 0 Å². The first-order valence-corrected chi connectivity index (χ1v) is 19.2. The smallest absolute Gasteiger partial charge is 0.164 e. The first-order valence-electron chi connectivity index (χ1n) is 18.4. The van der Waals surface area contributed by atoms with Gasteiger partial charge in [0, 0.05) is 74.8 Å². The molecule has 6 aromatic rings. The Bertz CT molecular complexity index is 2220. The fourth-order valence-corrected chi connectivity index (χ4v) is 7.81. The molecule has 0 saturated carbocycles. The summed E-state index contributed by atoms with van der Waals surface area (Å²) < 4.78 is 7.82. The van der Waals surface area contributed by atoms with Crippen molar-refractivity contribution >= 4 is 48.9 Å². The fourth-order valence-electron chi connectivity index (χ4n) is 6.75. The molecular weight excluding hydrogens is 839 g/mol. The standard InChI is InChI=1S/C31H26NOS.C15H28O2.Ir/c1-18-27-25(33-30(18)28-19(2)34-26-13-9-8-12-23(26)28)14-15-32-29(27)21-16-20-10-6-7-11-22(20)24(17-21)31(3,4)5;1-7-14(5,8-2)12(16)11-13(17)15(6,9-3)10-4;/h6-15,17H,1-5H3;11,16H,7-10H2,1-6H3;/q-1;;/b;12-11-;. The van der Waals surface area contributed by atoms with Crippen LogP contribution < -0.4 is 0 Å². The van der Waals surface area contributed by atoms with E-state index in [1.807, 2.05) is 65.1 Å². The fraction of sp³-hybridized carbons (Fsp3) is 0.391. The number of rotatable bonds is 9. The number of pyridine rings is 1.